The molecule has 1 aromatic carbocycles. The van der Waals surface area contributed by atoms with Crippen LogP contribution in [0.4, 0.5) is 4.39 Å². The molecule has 0 saturated carbocycles. The maximum absolute atomic E-state index is 12.9. The van der Waals surface area contributed by atoms with Gasteiger partial charge >= 0.3 is 0 Å². The summed E-state index contributed by atoms with van der Waals surface area (Å²) in [5, 5.41) is 12.0. The lowest BCUT2D eigenvalue weighted by Crippen LogP contribution is -2.00. The van der Waals surface area contributed by atoms with E-state index in [2.05, 4.69) is 25.4 Å². The Morgan fingerprint density at radius 1 is 1.04 bits per heavy atom. The van der Waals surface area contributed by atoms with Gasteiger partial charge in [-0.1, -0.05) is 22.5 Å². The Labute approximate surface area is 135 Å². The molecule has 0 aliphatic rings. The lowest BCUT2D eigenvalue weighted by atomic mass is 10.2. The van der Waals surface area contributed by atoms with Gasteiger partial charge in [0.15, 0.2) is 5.69 Å². The van der Waals surface area contributed by atoms with Gasteiger partial charge in [-0.2, -0.15) is 4.98 Å². The molecule has 0 unspecified atom stereocenters. The number of nitrogens with zero attached hydrogens (tertiary/aromatic N) is 6. The molecule has 24 heavy (non-hydrogen) atoms. The van der Waals surface area contributed by atoms with Crippen LogP contribution in [0.25, 0.3) is 23.0 Å². The second kappa shape index (κ2) is 5.99. The van der Waals surface area contributed by atoms with E-state index in [9.17, 15) is 4.39 Å². The first-order valence-corrected chi connectivity index (χ1v) is 7.17. The standard InChI is InChI=1S/C16H11FN6O/c17-13-3-1-11(2-4-13)9-23-10-14(20-22-23)15-19-16(24-21-15)12-5-7-18-8-6-12/h1-8,10H,9H2. The van der Waals surface area contributed by atoms with E-state index in [1.165, 1.54) is 12.1 Å². The fourth-order valence-corrected chi connectivity index (χ4v) is 2.19. The highest BCUT2D eigenvalue weighted by Gasteiger charge is 2.13. The van der Waals surface area contributed by atoms with Crippen LogP contribution in [0, 0.1) is 5.82 Å². The van der Waals surface area contributed by atoms with Crippen LogP contribution in [-0.4, -0.2) is 30.1 Å². The molecule has 4 rings (SSSR count). The van der Waals surface area contributed by atoms with Gasteiger partial charge in [0.2, 0.25) is 5.82 Å². The van der Waals surface area contributed by atoms with Crippen molar-refractivity contribution in [3.63, 3.8) is 0 Å². The van der Waals surface area contributed by atoms with Gasteiger partial charge in [0.05, 0.1) is 12.7 Å². The summed E-state index contributed by atoms with van der Waals surface area (Å²) in [6, 6.07) is 9.78. The number of hydrogen-bond donors (Lipinski definition) is 0. The van der Waals surface area contributed by atoms with Crippen LogP contribution in [-0.2, 0) is 6.54 Å². The van der Waals surface area contributed by atoms with Gasteiger partial charge in [-0.15, -0.1) is 5.10 Å². The minimum atomic E-state index is -0.270. The Hall–Kier alpha value is -3.42. The Morgan fingerprint density at radius 2 is 1.83 bits per heavy atom. The van der Waals surface area contributed by atoms with Crippen LogP contribution in [0.1, 0.15) is 5.56 Å². The summed E-state index contributed by atoms with van der Waals surface area (Å²) in [7, 11) is 0. The summed E-state index contributed by atoms with van der Waals surface area (Å²) in [5.41, 5.74) is 2.20. The topological polar surface area (TPSA) is 82.5 Å². The highest BCUT2D eigenvalue weighted by Crippen LogP contribution is 2.20. The second-order valence-corrected chi connectivity index (χ2v) is 5.09. The van der Waals surface area contributed by atoms with E-state index in [0.29, 0.717) is 24.0 Å². The monoisotopic (exact) mass is 322 g/mol. The van der Waals surface area contributed by atoms with E-state index < -0.39 is 0 Å². The first-order valence-electron chi connectivity index (χ1n) is 7.17. The number of aromatic nitrogens is 6. The van der Waals surface area contributed by atoms with E-state index >= 15 is 0 Å². The summed E-state index contributed by atoms with van der Waals surface area (Å²) >= 11 is 0. The molecule has 0 saturated heterocycles. The van der Waals surface area contributed by atoms with Crippen LogP contribution in [0.3, 0.4) is 0 Å². The molecule has 7 nitrogen and oxygen atoms in total. The van der Waals surface area contributed by atoms with Gasteiger partial charge in [0, 0.05) is 18.0 Å². The van der Waals surface area contributed by atoms with Crippen molar-refractivity contribution < 1.29 is 8.91 Å². The Morgan fingerprint density at radius 3 is 2.62 bits per heavy atom. The van der Waals surface area contributed by atoms with Gasteiger partial charge in [0.1, 0.15) is 5.82 Å². The van der Waals surface area contributed by atoms with E-state index in [0.717, 1.165) is 11.1 Å². The highest BCUT2D eigenvalue weighted by molar-refractivity contribution is 5.55. The maximum Gasteiger partial charge on any atom is 0.258 e. The summed E-state index contributed by atoms with van der Waals surface area (Å²) < 4.78 is 19.8. The predicted octanol–water partition coefficient (Wildman–Crippen LogP) is 2.58. The molecule has 3 aromatic heterocycles. The zero-order valence-electron chi connectivity index (χ0n) is 12.4. The minimum absolute atomic E-state index is 0.270. The smallest absolute Gasteiger partial charge is 0.258 e. The number of halogens is 1. The summed E-state index contributed by atoms with van der Waals surface area (Å²) in [4.78, 5) is 8.26. The van der Waals surface area contributed by atoms with Gasteiger partial charge in [-0.05, 0) is 29.8 Å². The quantitative estimate of drug-likeness (QED) is 0.574. The lowest BCUT2D eigenvalue weighted by Gasteiger charge is -1.99. The molecule has 0 aliphatic carbocycles. The molecule has 0 aliphatic heterocycles. The Balaban J connectivity index is 1.55. The van der Waals surface area contributed by atoms with E-state index in [1.807, 2.05) is 0 Å². The summed E-state index contributed by atoms with van der Waals surface area (Å²) in [6.45, 7) is 0.475. The number of rotatable bonds is 4. The molecule has 0 fully saturated rings. The molecule has 0 amide bonds. The molecule has 0 atom stereocenters. The molecule has 0 spiro atoms. The van der Waals surface area contributed by atoms with Crippen molar-refractivity contribution in [1.29, 1.82) is 0 Å². The van der Waals surface area contributed by atoms with Crippen molar-refractivity contribution in [3.05, 3.63) is 66.4 Å². The number of pyridine rings is 1. The van der Waals surface area contributed by atoms with Crippen LogP contribution in [0.15, 0.2) is 59.5 Å². The van der Waals surface area contributed by atoms with Crippen molar-refractivity contribution in [2.24, 2.45) is 0 Å². The predicted molar refractivity (Wildman–Crippen MR) is 82.0 cm³/mol. The molecule has 118 valence electrons. The molecule has 0 bridgehead atoms. The molecule has 3 heterocycles. The zero-order valence-corrected chi connectivity index (χ0v) is 12.4. The van der Waals surface area contributed by atoms with Crippen LogP contribution in [0.2, 0.25) is 0 Å². The van der Waals surface area contributed by atoms with Gasteiger partial charge < -0.3 is 4.52 Å². The third kappa shape index (κ3) is 2.89. The summed E-state index contributed by atoms with van der Waals surface area (Å²) in [6.07, 6.45) is 5.01. The first kappa shape index (κ1) is 14.2. The zero-order chi connectivity index (χ0) is 16.4. The summed E-state index contributed by atoms with van der Waals surface area (Å²) in [5.74, 6) is 0.473. The van der Waals surface area contributed by atoms with Gasteiger partial charge in [0.25, 0.3) is 5.89 Å². The first-order chi connectivity index (χ1) is 11.8. The Bertz CT molecular complexity index is 948. The van der Waals surface area contributed by atoms with Crippen molar-refractivity contribution in [3.8, 4) is 23.0 Å². The maximum atomic E-state index is 12.9. The van der Waals surface area contributed by atoms with Crippen molar-refractivity contribution in [1.82, 2.24) is 30.1 Å². The third-order valence-electron chi connectivity index (χ3n) is 3.38. The highest BCUT2D eigenvalue weighted by atomic mass is 19.1. The average Bonchev–Trinajstić information content (AvgIpc) is 3.27. The third-order valence-corrected chi connectivity index (χ3v) is 3.38. The largest absolute Gasteiger partial charge is 0.334 e. The SMILES string of the molecule is Fc1ccc(Cn2cc(-c3noc(-c4ccncc4)n3)nn2)cc1. The lowest BCUT2D eigenvalue weighted by molar-refractivity contribution is 0.432. The van der Waals surface area contributed by atoms with Gasteiger partial charge in [-0.3, -0.25) is 4.98 Å². The number of hydrogen-bond acceptors (Lipinski definition) is 6. The number of benzene rings is 1. The van der Waals surface area contributed by atoms with Crippen LogP contribution in [0.5, 0.6) is 0 Å². The fourth-order valence-electron chi connectivity index (χ4n) is 2.19. The van der Waals surface area contributed by atoms with Crippen molar-refractivity contribution in [2.45, 2.75) is 6.54 Å². The van der Waals surface area contributed by atoms with Crippen molar-refractivity contribution >= 4 is 0 Å². The van der Waals surface area contributed by atoms with Crippen LogP contribution < -0.4 is 0 Å². The van der Waals surface area contributed by atoms with Gasteiger partial charge in [-0.25, -0.2) is 9.07 Å². The van der Waals surface area contributed by atoms with E-state index in [4.69, 9.17) is 4.52 Å². The van der Waals surface area contributed by atoms with E-state index in [-0.39, 0.29) is 5.82 Å². The molecule has 0 N–H and O–H groups in total. The minimum Gasteiger partial charge on any atom is -0.334 e. The molecule has 8 heteroatoms. The normalized spacial score (nSPS) is 10.9. The average molecular weight is 322 g/mol. The molecule has 4 aromatic rings. The van der Waals surface area contributed by atoms with Crippen LogP contribution >= 0.6 is 0 Å². The van der Waals surface area contributed by atoms with Crippen molar-refractivity contribution in [2.75, 3.05) is 0 Å². The Kier molecular flexibility index (Phi) is 3.54. The molecular formula is C16H11FN6O. The van der Waals surface area contributed by atoms with E-state index in [1.54, 1.807) is 47.5 Å². The fraction of sp³-hybridized carbons (Fsp3) is 0.0625. The second-order valence-electron chi connectivity index (χ2n) is 5.09. The molecule has 0 radical (unpaired) electrons. The molecular weight excluding hydrogens is 311 g/mol.